The molecular formula is C10H9F4NO. The number of rotatable bonds is 0. The van der Waals surface area contributed by atoms with Crippen molar-refractivity contribution < 1.29 is 22.3 Å². The van der Waals surface area contributed by atoms with E-state index in [4.69, 9.17) is 10.5 Å². The van der Waals surface area contributed by atoms with Crippen LogP contribution in [0.4, 0.5) is 17.6 Å². The summed E-state index contributed by atoms with van der Waals surface area (Å²) < 4.78 is 56.1. The minimum atomic E-state index is -4.55. The number of ether oxygens (including phenoxy) is 1. The summed E-state index contributed by atoms with van der Waals surface area (Å²) in [6.07, 6.45) is -4.30. The van der Waals surface area contributed by atoms with E-state index >= 15 is 0 Å². The van der Waals surface area contributed by atoms with E-state index < -0.39 is 23.6 Å². The zero-order valence-corrected chi connectivity index (χ0v) is 8.14. The van der Waals surface area contributed by atoms with E-state index in [0.29, 0.717) is 6.07 Å². The predicted molar refractivity (Wildman–Crippen MR) is 48.4 cm³/mol. The topological polar surface area (TPSA) is 35.2 Å². The molecule has 0 radical (unpaired) electrons. The average Bonchev–Trinajstić information content (AvgIpc) is 2.18. The van der Waals surface area contributed by atoms with Crippen LogP contribution in [0.25, 0.3) is 0 Å². The molecule has 1 heterocycles. The highest BCUT2D eigenvalue weighted by Gasteiger charge is 2.38. The van der Waals surface area contributed by atoms with Crippen molar-refractivity contribution in [2.75, 3.05) is 6.61 Å². The van der Waals surface area contributed by atoms with Crippen LogP contribution in [-0.2, 0) is 6.18 Å². The third kappa shape index (κ3) is 1.73. The van der Waals surface area contributed by atoms with Gasteiger partial charge in [0.05, 0.1) is 12.2 Å². The molecule has 16 heavy (non-hydrogen) atoms. The first-order valence-electron chi connectivity index (χ1n) is 4.69. The van der Waals surface area contributed by atoms with Gasteiger partial charge in [0, 0.05) is 18.0 Å². The number of alkyl halides is 3. The first-order chi connectivity index (χ1) is 7.41. The molecule has 2 rings (SSSR count). The van der Waals surface area contributed by atoms with Crippen LogP contribution in [0.1, 0.15) is 23.6 Å². The second-order valence-corrected chi connectivity index (χ2v) is 3.58. The highest BCUT2D eigenvalue weighted by atomic mass is 19.4. The number of hydrogen-bond acceptors (Lipinski definition) is 2. The minimum absolute atomic E-state index is 0.131. The third-order valence-corrected chi connectivity index (χ3v) is 2.50. The van der Waals surface area contributed by atoms with Gasteiger partial charge >= 0.3 is 6.18 Å². The lowest BCUT2D eigenvalue weighted by Gasteiger charge is -2.26. The normalized spacial score (nSPS) is 20.2. The van der Waals surface area contributed by atoms with Crippen molar-refractivity contribution in [3.05, 3.63) is 29.1 Å². The lowest BCUT2D eigenvalue weighted by molar-refractivity contribution is -0.138. The van der Waals surface area contributed by atoms with Gasteiger partial charge in [-0.1, -0.05) is 0 Å². The molecule has 1 atom stereocenters. The van der Waals surface area contributed by atoms with Gasteiger partial charge in [-0.05, 0) is 12.1 Å². The van der Waals surface area contributed by atoms with E-state index in [9.17, 15) is 17.6 Å². The van der Waals surface area contributed by atoms with Gasteiger partial charge in [-0.15, -0.1) is 0 Å². The van der Waals surface area contributed by atoms with E-state index in [2.05, 4.69) is 0 Å². The first kappa shape index (κ1) is 11.2. The van der Waals surface area contributed by atoms with E-state index in [-0.39, 0.29) is 24.3 Å². The number of nitrogens with two attached hydrogens (primary N) is 1. The molecule has 0 aromatic heterocycles. The Labute approximate surface area is 89.0 Å². The van der Waals surface area contributed by atoms with E-state index in [1.54, 1.807) is 0 Å². The Hall–Kier alpha value is -1.30. The summed E-state index contributed by atoms with van der Waals surface area (Å²) in [5, 5.41) is 0. The molecule has 0 amide bonds. The van der Waals surface area contributed by atoms with E-state index in [1.165, 1.54) is 0 Å². The van der Waals surface area contributed by atoms with Crippen molar-refractivity contribution in [3.8, 4) is 5.75 Å². The molecule has 88 valence electrons. The molecular weight excluding hydrogens is 226 g/mol. The summed E-state index contributed by atoms with van der Waals surface area (Å²) in [7, 11) is 0. The molecule has 0 bridgehead atoms. The maximum Gasteiger partial charge on any atom is 0.416 e. The Morgan fingerprint density at radius 2 is 2.00 bits per heavy atom. The quantitative estimate of drug-likeness (QED) is 0.701. The summed E-state index contributed by atoms with van der Waals surface area (Å²) in [5.74, 6) is -1.17. The smallest absolute Gasteiger partial charge is 0.416 e. The van der Waals surface area contributed by atoms with Crippen LogP contribution in [0.5, 0.6) is 5.75 Å². The number of fused-ring (bicyclic) bond motifs is 1. The SMILES string of the molecule is NC1CCOc2c(F)ccc(C(F)(F)F)c21. The van der Waals surface area contributed by atoms with Crippen LogP contribution in [0.2, 0.25) is 0 Å². The van der Waals surface area contributed by atoms with Crippen LogP contribution in [0, 0.1) is 5.82 Å². The summed E-state index contributed by atoms with van der Waals surface area (Å²) in [6, 6.07) is 0.610. The maximum atomic E-state index is 13.3. The second-order valence-electron chi connectivity index (χ2n) is 3.58. The van der Waals surface area contributed by atoms with Gasteiger partial charge in [0.15, 0.2) is 11.6 Å². The van der Waals surface area contributed by atoms with Crippen molar-refractivity contribution in [1.29, 1.82) is 0 Å². The van der Waals surface area contributed by atoms with Crippen molar-refractivity contribution in [2.24, 2.45) is 5.73 Å². The highest BCUT2D eigenvalue weighted by Crippen LogP contribution is 2.42. The van der Waals surface area contributed by atoms with Gasteiger partial charge in [0.1, 0.15) is 0 Å². The Balaban J connectivity index is 2.64. The molecule has 0 saturated carbocycles. The molecule has 0 spiro atoms. The average molecular weight is 235 g/mol. The Morgan fingerprint density at radius 3 is 2.62 bits per heavy atom. The van der Waals surface area contributed by atoms with Crippen molar-refractivity contribution in [1.82, 2.24) is 0 Å². The molecule has 2 N–H and O–H groups in total. The van der Waals surface area contributed by atoms with E-state index in [1.807, 2.05) is 0 Å². The van der Waals surface area contributed by atoms with Crippen LogP contribution in [0.15, 0.2) is 12.1 Å². The Bertz CT molecular complexity index is 416. The number of hydrogen-bond donors (Lipinski definition) is 1. The molecule has 1 aromatic rings. The monoisotopic (exact) mass is 235 g/mol. The lowest BCUT2D eigenvalue weighted by Crippen LogP contribution is -2.25. The fraction of sp³-hybridized carbons (Fsp3) is 0.400. The molecule has 0 fully saturated rings. The predicted octanol–water partition coefficient (Wildman–Crippen LogP) is 2.63. The summed E-state index contributed by atoms with van der Waals surface area (Å²) >= 11 is 0. The van der Waals surface area contributed by atoms with Crippen LogP contribution in [0.3, 0.4) is 0 Å². The van der Waals surface area contributed by atoms with Gasteiger partial charge in [-0.2, -0.15) is 13.2 Å². The standard InChI is InChI=1S/C10H9F4NO/c11-6-2-1-5(10(12,13)14)8-7(15)3-4-16-9(6)8/h1-2,7H,3-4,15H2. The van der Waals surface area contributed by atoms with Crippen LogP contribution >= 0.6 is 0 Å². The minimum Gasteiger partial charge on any atom is -0.490 e. The summed E-state index contributed by atoms with van der Waals surface area (Å²) in [4.78, 5) is 0. The zero-order valence-electron chi connectivity index (χ0n) is 8.14. The van der Waals surface area contributed by atoms with Gasteiger partial charge < -0.3 is 10.5 Å². The van der Waals surface area contributed by atoms with Gasteiger partial charge in [-0.25, -0.2) is 4.39 Å². The Morgan fingerprint density at radius 1 is 1.31 bits per heavy atom. The maximum absolute atomic E-state index is 13.3. The molecule has 0 saturated heterocycles. The zero-order chi connectivity index (χ0) is 11.9. The molecule has 1 unspecified atom stereocenters. The van der Waals surface area contributed by atoms with Crippen molar-refractivity contribution >= 4 is 0 Å². The Kier molecular flexibility index (Phi) is 2.53. The fourth-order valence-corrected chi connectivity index (χ4v) is 1.77. The summed E-state index contributed by atoms with van der Waals surface area (Å²) in [5.41, 5.74) is 4.37. The molecule has 0 aliphatic carbocycles. The van der Waals surface area contributed by atoms with Crippen LogP contribution < -0.4 is 10.5 Å². The van der Waals surface area contributed by atoms with E-state index in [0.717, 1.165) is 6.07 Å². The number of halogens is 4. The lowest BCUT2D eigenvalue weighted by atomic mass is 9.95. The molecule has 6 heteroatoms. The molecule has 1 aliphatic heterocycles. The van der Waals surface area contributed by atoms with Crippen LogP contribution in [-0.4, -0.2) is 6.61 Å². The van der Waals surface area contributed by atoms with Crippen molar-refractivity contribution in [3.63, 3.8) is 0 Å². The highest BCUT2D eigenvalue weighted by molar-refractivity contribution is 5.46. The van der Waals surface area contributed by atoms with Gasteiger partial charge in [0.25, 0.3) is 0 Å². The second kappa shape index (κ2) is 3.62. The van der Waals surface area contributed by atoms with Gasteiger partial charge in [0.2, 0.25) is 0 Å². The summed E-state index contributed by atoms with van der Waals surface area (Å²) in [6.45, 7) is 0.131. The largest absolute Gasteiger partial charge is 0.490 e. The first-order valence-corrected chi connectivity index (χ1v) is 4.69. The molecule has 2 nitrogen and oxygen atoms in total. The molecule has 1 aromatic carbocycles. The third-order valence-electron chi connectivity index (χ3n) is 2.50. The van der Waals surface area contributed by atoms with Crippen molar-refractivity contribution in [2.45, 2.75) is 18.6 Å². The molecule has 1 aliphatic rings. The van der Waals surface area contributed by atoms with Gasteiger partial charge in [-0.3, -0.25) is 0 Å². The number of benzene rings is 1. The fourth-order valence-electron chi connectivity index (χ4n) is 1.77.